The summed E-state index contributed by atoms with van der Waals surface area (Å²) in [5.74, 6) is 0. The number of halogens is 1. The van der Waals surface area contributed by atoms with E-state index in [1.165, 1.54) is 71.4 Å². The smallest absolute Gasteiger partial charge is 0.115 e. The van der Waals surface area contributed by atoms with Crippen LogP contribution in [0.1, 0.15) is 88.4 Å². The van der Waals surface area contributed by atoms with E-state index in [0.29, 0.717) is 5.41 Å². The van der Waals surface area contributed by atoms with Crippen molar-refractivity contribution in [1.82, 2.24) is 4.98 Å². The second kappa shape index (κ2) is 9.39. The lowest BCUT2D eigenvalue weighted by atomic mass is 9.80. The second-order valence-corrected chi connectivity index (χ2v) is 8.42. The minimum atomic E-state index is 0.307. The van der Waals surface area contributed by atoms with Gasteiger partial charge in [-0.15, -0.1) is 11.3 Å². The van der Waals surface area contributed by atoms with Crippen molar-refractivity contribution in [1.29, 1.82) is 0 Å². The predicted octanol–water partition coefficient (Wildman–Crippen LogP) is 6.86. The Labute approximate surface area is 143 Å². The molecule has 1 rings (SSSR count). The molecule has 0 aromatic carbocycles. The van der Waals surface area contributed by atoms with Crippen molar-refractivity contribution in [3.8, 4) is 0 Å². The fourth-order valence-corrected chi connectivity index (χ4v) is 4.42. The molecule has 1 heterocycles. The predicted molar refractivity (Wildman–Crippen MR) is 99.8 cm³/mol. The van der Waals surface area contributed by atoms with E-state index in [1.54, 1.807) is 0 Å². The van der Waals surface area contributed by atoms with Crippen LogP contribution >= 0.6 is 33.9 Å². The lowest BCUT2D eigenvalue weighted by molar-refractivity contribution is 0.364. The zero-order valence-electron chi connectivity index (χ0n) is 13.6. The Morgan fingerprint density at radius 1 is 1.00 bits per heavy atom. The minimum absolute atomic E-state index is 0.307. The molecule has 0 amide bonds. The Morgan fingerprint density at radius 3 is 2.05 bits per heavy atom. The third-order valence-corrected chi connectivity index (χ3v) is 6.86. The van der Waals surface area contributed by atoms with Gasteiger partial charge in [0.05, 0.1) is 5.01 Å². The van der Waals surface area contributed by atoms with Gasteiger partial charge in [0.1, 0.15) is 3.70 Å². The fourth-order valence-electron chi connectivity index (χ4n) is 2.68. The molecule has 0 spiro atoms. The topological polar surface area (TPSA) is 12.9 Å². The van der Waals surface area contributed by atoms with Crippen molar-refractivity contribution in [3.63, 3.8) is 0 Å². The first-order valence-electron chi connectivity index (χ1n) is 8.17. The van der Waals surface area contributed by atoms with Gasteiger partial charge < -0.3 is 0 Å². The summed E-state index contributed by atoms with van der Waals surface area (Å²) in [7, 11) is 0. The molecule has 1 nitrogen and oxygen atoms in total. The number of hydrogen-bond acceptors (Lipinski definition) is 2. The minimum Gasteiger partial charge on any atom is -0.234 e. The molecule has 0 aliphatic heterocycles. The highest BCUT2D eigenvalue weighted by molar-refractivity contribution is 14.1. The van der Waals surface area contributed by atoms with Crippen LogP contribution in [0.25, 0.3) is 0 Å². The van der Waals surface area contributed by atoms with E-state index in [4.69, 9.17) is 4.98 Å². The van der Waals surface area contributed by atoms with Gasteiger partial charge in [-0.2, -0.15) is 0 Å². The summed E-state index contributed by atoms with van der Waals surface area (Å²) in [5.41, 5.74) is 0.307. The zero-order chi connectivity index (χ0) is 15.0. The van der Waals surface area contributed by atoms with Crippen molar-refractivity contribution in [2.75, 3.05) is 0 Å². The lowest BCUT2D eigenvalue weighted by Crippen LogP contribution is -2.22. The number of nitrogens with zero attached hydrogens (tertiary/aromatic N) is 1. The zero-order valence-corrected chi connectivity index (χ0v) is 16.6. The van der Waals surface area contributed by atoms with Crippen molar-refractivity contribution < 1.29 is 0 Å². The number of aryl methyl sites for hydroxylation is 1. The van der Waals surface area contributed by atoms with E-state index < -0.39 is 0 Å². The first kappa shape index (κ1) is 18.4. The normalized spacial score (nSPS) is 14.4. The first-order valence-corrected chi connectivity index (χ1v) is 10.1. The molecule has 1 aromatic rings. The van der Waals surface area contributed by atoms with Crippen LogP contribution in [0.15, 0.2) is 0 Å². The number of hydrogen-bond donors (Lipinski definition) is 0. The Hall–Kier alpha value is 0.360. The van der Waals surface area contributed by atoms with Crippen LogP contribution in [-0.2, 0) is 5.41 Å². The maximum atomic E-state index is 4.87. The van der Waals surface area contributed by atoms with Crippen LogP contribution in [0.5, 0.6) is 0 Å². The maximum Gasteiger partial charge on any atom is 0.115 e. The average Bonchev–Trinajstić information content (AvgIpc) is 2.76. The molecular formula is C17H30INS. The van der Waals surface area contributed by atoms with Gasteiger partial charge in [-0.25, -0.2) is 4.98 Å². The van der Waals surface area contributed by atoms with Crippen molar-refractivity contribution in [3.05, 3.63) is 13.6 Å². The van der Waals surface area contributed by atoms with E-state index in [2.05, 4.69) is 50.3 Å². The molecule has 3 heteroatoms. The molecule has 0 bridgehead atoms. The molecule has 0 N–H and O–H groups in total. The quantitative estimate of drug-likeness (QED) is 0.305. The summed E-state index contributed by atoms with van der Waals surface area (Å²) in [5, 5.41) is 1.38. The highest BCUT2D eigenvalue weighted by Gasteiger charge is 2.29. The van der Waals surface area contributed by atoms with Crippen LogP contribution in [-0.4, -0.2) is 4.98 Å². The van der Waals surface area contributed by atoms with E-state index in [-0.39, 0.29) is 0 Å². The van der Waals surface area contributed by atoms with Gasteiger partial charge in [-0.05, 0) is 42.4 Å². The van der Waals surface area contributed by atoms with Crippen LogP contribution in [0.2, 0.25) is 0 Å². The Balaban J connectivity index is 2.71. The molecule has 1 unspecified atom stereocenters. The van der Waals surface area contributed by atoms with Gasteiger partial charge >= 0.3 is 0 Å². The largest absolute Gasteiger partial charge is 0.234 e. The molecule has 20 heavy (non-hydrogen) atoms. The summed E-state index contributed by atoms with van der Waals surface area (Å²) < 4.78 is 1.21. The van der Waals surface area contributed by atoms with E-state index in [9.17, 15) is 0 Å². The first-order chi connectivity index (χ1) is 9.53. The van der Waals surface area contributed by atoms with Gasteiger partial charge in [0.15, 0.2) is 0 Å². The Kier molecular flexibility index (Phi) is 8.64. The third-order valence-electron chi connectivity index (χ3n) is 4.17. The summed E-state index contributed by atoms with van der Waals surface area (Å²) in [6, 6.07) is 0. The molecule has 0 saturated heterocycles. The number of thiazole rings is 1. The van der Waals surface area contributed by atoms with E-state index in [0.717, 1.165) is 0 Å². The summed E-state index contributed by atoms with van der Waals surface area (Å²) in [6.45, 7) is 9.22. The third kappa shape index (κ3) is 5.63. The summed E-state index contributed by atoms with van der Waals surface area (Å²) in [6.07, 6.45) is 12.0. The lowest BCUT2D eigenvalue weighted by Gasteiger charge is -2.27. The molecule has 116 valence electrons. The van der Waals surface area contributed by atoms with Gasteiger partial charge in [0.25, 0.3) is 0 Å². The van der Waals surface area contributed by atoms with E-state index in [1.807, 2.05) is 11.3 Å². The fraction of sp³-hybridized carbons (Fsp3) is 0.824. The molecule has 0 saturated carbocycles. The molecule has 1 atom stereocenters. The van der Waals surface area contributed by atoms with Crippen LogP contribution in [0.3, 0.4) is 0 Å². The number of unbranched alkanes of at least 4 members (excludes halogenated alkanes) is 5. The highest BCUT2D eigenvalue weighted by atomic mass is 127. The van der Waals surface area contributed by atoms with Gasteiger partial charge in [-0.1, -0.05) is 65.7 Å². The van der Waals surface area contributed by atoms with Crippen molar-refractivity contribution >= 4 is 33.9 Å². The Bertz CT molecular complexity index is 369. The number of aromatic nitrogens is 1. The summed E-state index contributed by atoms with van der Waals surface area (Å²) >= 11 is 4.31. The molecule has 0 radical (unpaired) electrons. The summed E-state index contributed by atoms with van der Waals surface area (Å²) in [4.78, 5) is 6.25. The SMILES string of the molecule is CCCCCCC(C)(CCCCC)c1nc(I)c(C)s1. The van der Waals surface area contributed by atoms with E-state index >= 15 is 0 Å². The molecule has 0 aliphatic carbocycles. The van der Waals surface area contributed by atoms with Gasteiger partial charge in [0.2, 0.25) is 0 Å². The van der Waals surface area contributed by atoms with Crippen LogP contribution in [0.4, 0.5) is 0 Å². The molecule has 0 fully saturated rings. The molecular weight excluding hydrogens is 377 g/mol. The van der Waals surface area contributed by atoms with Gasteiger partial charge in [0, 0.05) is 10.3 Å². The van der Waals surface area contributed by atoms with Crippen molar-refractivity contribution in [2.24, 2.45) is 0 Å². The number of rotatable bonds is 10. The monoisotopic (exact) mass is 407 g/mol. The average molecular weight is 407 g/mol. The van der Waals surface area contributed by atoms with Crippen LogP contribution in [0, 0.1) is 10.6 Å². The van der Waals surface area contributed by atoms with Crippen molar-refractivity contribution in [2.45, 2.75) is 90.9 Å². The second-order valence-electron chi connectivity index (χ2n) is 6.19. The standard InChI is InChI=1S/C17H30INS/c1-5-7-9-11-13-17(4,12-10-8-6-2)16-19-15(18)14(3)20-16/h5-13H2,1-4H3. The van der Waals surface area contributed by atoms with Crippen LogP contribution < -0.4 is 0 Å². The van der Waals surface area contributed by atoms with Gasteiger partial charge in [-0.3, -0.25) is 0 Å². The highest BCUT2D eigenvalue weighted by Crippen LogP contribution is 2.38. The Morgan fingerprint density at radius 2 is 1.55 bits per heavy atom. The molecule has 1 aromatic heterocycles. The molecule has 0 aliphatic rings. The maximum absolute atomic E-state index is 4.87.